The van der Waals surface area contributed by atoms with E-state index < -0.39 is 0 Å². The number of carbonyl (C=O) groups is 3. The summed E-state index contributed by atoms with van der Waals surface area (Å²) >= 11 is 2.92. The second-order valence-electron chi connectivity index (χ2n) is 8.24. The molecule has 1 fully saturated rings. The van der Waals surface area contributed by atoms with Gasteiger partial charge in [0.2, 0.25) is 0 Å². The highest BCUT2D eigenvalue weighted by molar-refractivity contribution is 8.19. The Morgan fingerprint density at radius 1 is 0.800 bits per heavy atom. The molecule has 3 aliphatic rings. The maximum Gasteiger partial charge on any atom is 0.269 e. The number of para-hydroxylation sites is 1. The van der Waals surface area contributed by atoms with Crippen LogP contribution in [-0.2, 0) is 4.79 Å². The first-order valence-corrected chi connectivity index (χ1v) is 12.8. The van der Waals surface area contributed by atoms with Gasteiger partial charge in [0.05, 0.1) is 16.4 Å². The van der Waals surface area contributed by atoms with Gasteiger partial charge in [0.1, 0.15) is 4.91 Å². The molecule has 3 aromatic carbocycles. The molecule has 8 heteroatoms. The van der Waals surface area contributed by atoms with E-state index in [2.05, 4.69) is 0 Å². The monoisotopic (exact) mass is 497 g/mol. The van der Waals surface area contributed by atoms with E-state index in [-0.39, 0.29) is 17.5 Å². The second-order valence-corrected chi connectivity index (χ2v) is 10.3. The van der Waals surface area contributed by atoms with Crippen molar-refractivity contribution in [2.75, 3.05) is 18.5 Å². The maximum absolute atomic E-state index is 13.3. The fraction of sp³-hybridized carbons (Fsp3) is 0.111. The first-order chi connectivity index (χ1) is 17.0. The maximum atomic E-state index is 13.3. The predicted octanol–water partition coefficient (Wildman–Crippen LogP) is 5.46. The third-order valence-corrected chi connectivity index (χ3v) is 8.68. The van der Waals surface area contributed by atoms with Gasteiger partial charge in [-0.25, -0.2) is 4.99 Å². The number of thioether (sulfide) groups is 2. The van der Waals surface area contributed by atoms with Crippen molar-refractivity contribution < 1.29 is 14.4 Å². The zero-order valence-corrected chi connectivity index (χ0v) is 20.6. The summed E-state index contributed by atoms with van der Waals surface area (Å²) in [5.74, 6) is -0.441. The summed E-state index contributed by atoms with van der Waals surface area (Å²) in [7, 11) is 1.96. The molecule has 0 radical (unpaired) electrons. The number of hydrogen-bond donors (Lipinski definition) is 0. The Kier molecular flexibility index (Phi) is 5.16. The number of ketones is 2. The summed E-state index contributed by atoms with van der Waals surface area (Å²) in [5.41, 5.74) is 3.15. The summed E-state index contributed by atoms with van der Waals surface area (Å²) in [5, 5.41) is 1.44. The topological polar surface area (TPSA) is 70.1 Å². The van der Waals surface area contributed by atoms with Crippen LogP contribution in [0.15, 0.2) is 86.6 Å². The molecule has 0 unspecified atom stereocenters. The van der Waals surface area contributed by atoms with Crippen molar-refractivity contribution >= 4 is 57.5 Å². The highest BCUT2D eigenvalue weighted by Crippen LogP contribution is 2.50. The lowest BCUT2D eigenvalue weighted by atomic mass is 9.84. The number of nitrogens with zero attached hydrogens (tertiary/aromatic N) is 3. The lowest BCUT2D eigenvalue weighted by Gasteiger charge is -2.17. The van der Waals surface area contributed by atoms with Gasteiger partial charge in [0, 0.05) is 40.7 Å². The average Bonchev–Trinajstić information content (AvgIpc) is 3.38. The van der Waals surface area contributed by atoms with E-state index in [1.165, 1.54) is 11.8 Å². The molecule has 0 atom stereocenters. The van der Waals surface area contributed by atoms with Crippen molar-refractivity contribution in [1.82, 2.24) is 4.90 Å². The van der Waals surface area contributed by atoms with Crippen LogP contribution in [0, 0.1) is 0 Å². The molecule has 0 N–H and O–H groups in total. The SMILES string of the molecule is CCN1C(=O)C(=C2Sc3ccccc3N2C)SC1=Nc1ccc2c(c1)C(=O)c1ccccc1C2=O. The number of fused-ring (bicyclic) bond motifs is 3. The minimum Gasteiger partial charge on any atom is -0.337 e. The van der Waals surface area contributed by atoms with Crippen LogP contribution in [-0.4, -0.2) is 41.1 Å². The number of benzene rings is 3. The summed E-state index contributed by atoms with van der Waals surface area (Å²) in [4.78, 5) is 49.5. The van der Waals surface area contributed by atoms with Gasteiger partial charge < -0.3 is 4.90 Å². The number of anilines is 1. The molecule has 1 amide bonds. The van der Waals surface area contributed by atoms with E-state index in [1.54, 1.807) is 59.1 Å². The van der Waals surface area contributed by atoms with E-state index in [0.717, 1.165) is 15.6 Å². The molecule has 172 valence electrons. The summed E-state index contributed by atoms with van der Waals surface area (Å²) in [6.07, 6.45) is 0. The fourth-order valence-electron chi connectivity index (χ4n) is 4.47. The van der Waals surface area contributed by atoms with Gasteiger partial charge in [-0.1, -0.05) is 48.2 Å². The molecular weight excluding hydrogens is 478 g/mol. The lowest BCUT2D eigenvalue weighted by Crippen LogP contribution is -2.29. The Hall–Kier alpha value is -3.62. The van der Waals surface area contributed by atoms with Crippen LogP contribution in [0.2, 0.25) is 0 Å². The molecular formula is C27H19N3O3S2. The van der Waals surface area contributed by atoms with Crippen molar-refractivity contribution in [3.8, 4) is 0 Å². The molecule has 0 aromatic heterocycles. The Balaban J connectivity index is 1.38. The number of hydrogen-bond acceptors (Lipinski definition) is 7. The van der Waals surface area contributed by atoms with Crippen molar-refractivity contribution in [1.29, 1.82) is 0 Å². The van der Waals surface area contributed by atoms with Gasteiger partial charge in [-0.3, -0.25) is 19.3 Å². The molecule has 1 saturated heterocycles. The number of likely N-dealkylation sites (N-methyl/N-ethyl adjacent to an activating group) is 1. The second kappa shape index (κ2) is 8.25. The average molecular weight is 498 g/mol. The van der Waals surface area contributed by atoms with Crippen LogP contribution < -0.4 is 4.90 Å². The van der Waals surface area contributed by atoms with Gasteiger partial charge in [-0.05, 0) is 49.0 Å². The molecule has 2 heterocycles. The molecule has 0 spiro atoms. The predicted molar refractivity (Wildman–Crippen MR) is 140 cm³/mol. The number of amides is 1. The van der Waals surface area contributed by atoms with Crippen molar-refractivity contribution in [2.45, 2.75) is 11.8 Å². The van der Waals surface area contributed by atoms with Crippen LogP contribution in [0.25, 0.3) is 0 Å². The molecule has 1 aliphatic carbocycles. The Labute approximate surface area is 210 Å². The van der Waals surface area contributed by atoms with Crippen molar-refractivity contribution in [2.24, 2.45) is 4.99 Å². The number of rotatable bonds is 2. The first-order valence-electron chi connectivity index (χ1n) is 11.1. The molecule has 0 bridgehead atoms. The largest absolute Gasteiger partial charge is 0.337 e. The molecule has 2 aliphatic heterocycles. The molecule has 6 nitrogen and oxygen atoms in total. The quantitative estimate of drug-likeness (QED) is 0.343. The van der Waals surface area contributed by atoms with Gasteiger partial charge in [-0.2, -0.15) is 0 Å². The van der Waals surface area contributed by atoms with E-state index in [0.29, 0.717) is 44.6 Å². The van der Waals surface area contributed by atoms with Crippen LogP contribution in [0.5, 0.6) is 0 Å². The van der Waals surface area contributed by atoms with Gasteiger partial charge >= 0.3 is 0 Å². The van der Waals surface area contributed by atoms with Gasteiger partial charge in [0.25, 0.3) is 5.91 Å². The van der Waals surface area contributed by atoms with Gasteiger partial charge in [0.15, 0.2) is 16.7 Å². The van der Waals surface area contributed by atoms with E-state index in [1.807, 2.05) is 43.1 Å². The molecule has 35 heavy (non-hydrogen) atoms. The molecule has 3 aromatic rings. The Morgan fingerprint density at radius 3 is 2.17 bits per heavy atom. The van der Waals surface area contributed by atoms with E-state index in [9.17, 15) is 14.4 Å². The third kappa shape index (κ3) is 3.36. The zero-order chi connectivity index (χ0) is 24.3. The van der Waals surface area contributed by atoms with Crippen molar-refractivity contribution in [3.63, 3.8) is 0 Å². The highest BCUT2D eigenvalue weighted by atomic mass is 32.2. The fourth-order valence-corrected chi connectivity index (χ4v) is 6.87. The molecule has 6 rings (SSSR count). The smallest absolute Gasteiger partial charge is 0.269 e. The summed E-state index contributed by atoms with van der Waals surface area (Å²) in [6, 6.07) is 19.9. The minimum atomic E-state index is -0.190. The van der Waals surface area contributed by atoms with E-state index in [4.69, 9.17) is 4.99 Å². The Bertz CT molecular complexity index is 1530. The number of aliphatic imine (C=N–C) groups is 1. The number of carbonyl (C=O) groups excluding carboxylic acids is 3. The van der Waals surface area contributed by atoms with Crippen molar-refractivity contribution in [3.05, 3.63) is 98.9 Å². The van der Waals surface area contributed by atoms with Crippen LogP contribution in [0.1, 0.15) is 38.8 Å². The zero-order valence-electron chi connectivity index (χ0n) is 18.9. The van der Waals surface area contributed by atoms with Crippen LogP contribution >= 0.6 is 23.5 Å². The summed E-state index contributed by atoms with van der Waals surface area (Å²) < 4.78 is 0. The van der Waals surface area contributed by atoms with Gasteiger partial charge in [-0.15, -0.1) is 0 Å². The lowest BCUT2D eigenvalue weighted by molar-refractivity contribution is -0.122. The first kappa shape index (κ1) is 21.9. The number of amidine groups is 1. The summed E-state index contributed by atoms with van der Waals surface area (Å²) in [6.45, 7) is 2.38. The highest BCUT2D eigenvalue weighted by Gasteiger charge is 2.38. The normalized spacial score (nSPS) is 19.9. The van der Waals surface area contributed by atoms with Crippen LogP contribution in [0.3, 0.4) is 0 Å². The van der Waals surface area contributed by atoms with E-state index >= 15 is 0 Å². The standard InChI is InChI=1S/C27H19N3O3S2/c1-3-30-25(33)24(26-29(2)20-10-6-7-11-21(20)34-26)35-27(30)28-15-12-13-18-19(14-15)23(32)17-9-5-4-8-16(17)22(18)31/h4-14H,3H2,1-2H3. The third-order valence-electron chi connectivity index (χ3n) is 6.25. The molecule has 0 saturated carbocycles. The Morgan fingerprint density at radius 2 is 1.46 bits per heavy atom. The van der Waals surface area contributed by atoms with Crippen LogP contribution in [0.4, 0.5) is 11.4 Å². The minimum absolute atomic E-state index is 0.0865.